The third kappa shape index (κ3) is 3.67. The molecule has 2 aromatic carbocycles. The Morgan fingerprint density at radius 3 is 2.70 bits per heavy atom. The number of nitrogens with zero attached hydrogens (tertiary/aromatic N) is 1. The predicted octanol–water partition coefficient (Wildman–Crippen LogP) is 5.08. The smallest absolute Gasteiger partial charge is 0.328 e. The van der Waals surface area contributed by atoms with Gasteiger partial charge < -0.3 is 13.9 Å². The first-order chi connectivity index (χ1) is 13.1. The molecule has 0 aliphatic heterocycles. The van der Waals surface area contributed by atoms with E-state index in [0.29, 0.717) is 12.3 Å². The number of carboxylic acids is 1. The van der Waals surface area contributed by atoms with Crippen LogP contribution in [0.5, 0.6) is 0 Å². The number of carbonyl (C=O) groups is 1. The number of oxazole rings is 1. The summed E-state index contributed by atoms with van der Waals surface area (Å²) in [5, 5.41) is 9.66. The lowest BCUT2D eigenvalue weighted by atomic mass is 10.1. The highest BCUT2D eigenvalue weighted by molar-refractivity contribution is 5.87. The number of rotatable bonds is 5. The standard InChI is InChI=1S/C22H17NO4/c1-14-19(23-22(26-14)16-5-3-2-4-6-16)13-18-12-17-11-15(8-10-21(24)25)7-9-20(17)27-18/h2-12H,13H2,1H3,(H,24,25)/b10-8+. The van der Waals surface area contributed by atoms with Crippen LogP contribution in [-0.4, -0.2) is 16.1 Å². The second-order valence-electron chi connectivity index (χ2n) is 6.25. The van der Waals surface area contributed by atoms with Gasteiger partial charge in [0.15, 0.2) is 0 Å². The number of aryl methyl sites for hydroxylation is 1. The van der Waals surface area contributed by atoms with Crippen molar-refractivity contribution >= 4 is 23.0 Å². The molecule has 134 valence electrons. The summed E-state index contributed by atoms with van der Waals surface area (Å²) in [6, 6.07) is 17.3. The van der Waals surface area contributed by atoms with E-state index in [9.17, 15) is 4.79 Å². The molecule has 5 nitrogen and oxygen atoms in total. The van der Waals surface area contributed by atoms with Crippen LogP contribution in [0.25, 0.3) is 28.5 Å². The van der Waals surface area contributed by atoms with Gasteiger partial charge in [0.2, 0.25) is 5.89 Å². The molecule has 0 atom stereocenters. The summed E-state index contributed by atoms with van der Waals surface area (Å²) in [7, 11) is 0. The molecule has 0 radical (unpaired) electrons. The summed E-state index contributed by atoms with van der Waals surface area (Å²) in [5.74, 6) is 1.17. The minimum atomic E-state index is -0.973. The van der Waals surface area contributed by atoms with E-state index < -0.39 is 5.97 Å². The summed E-state index contributed by atoms with van der Waals surface area (Å²) >= 11 is 0. The molecule has 0 bridgehead atoms. The SMILES string of the molecule is Cc1oc(-c2ccccc2)nc1Cc1cc2cc(/C=C/C(=O)O)ccc2o1. The van der Waals surface area contributed by atoms with E-state index in [0.717, 1.165) is 45.4 Å². The van der Waals surface area contributed by atoms with Crippen LogP contribution < -0.4 is 0 Å². The molecule has 0 saturated heterocycles. The van der Waals surface area contributed by atoms with E-state index in [1.807, 2.05) is 61.5 Å². The lowest BCUT2D eigenvalue weighted by Crippen LogP contribution is -1.88. The highest BCUT2D eigenvalue weighted by atomic mass is 16.4. The molecule has 0 amide bonds. The van der Waals surface area contributed by atoms with Gasteiger partial charge in [-0.2, -0.15) is 0 Å². The quantitative estimate of drug-likeness (QED) is 0.503. The molecule has 2 aromatic heterocycles. The van der Waals surface area contributed by atoms with Gasteiger partial charge in [0.1, 0.15) is 17.1 Å². The molecular formula is C22H17NO4. The van der Waals surface area contributed by atoms with Gasteiger partial charge in [0, 0.05) is 17.0 Å². The predicted molar refractivity (Wildman–Crippen MR) is 102 cm³/mol. The maximum atomic E-state index is 10.7. The van der Waals surface area contributed by atoms with E-state index in [1.54, 1.807) is 6.08 Å². The number of carboxylic acid groups (broad SMARTS) is 1. The first kappa shape index (κ1) is 16.8. The van der Waals surface area contributed by atoms with Crippen LogP contribution in [0.2, 0.25) is 0 Å². The van der Waals surface area contributed by atoms with Gasteiger partial charge in [0.05, 0.1) is 12.1 Å². The van der Waals surface area contributed by atoms with Gasteiger partial charge in [-0.15, -0.1) is 0 Å². The zero-order valence-electron chi connectivity index (χ0n) is 14.7. The molecule has 0 spiro atoms. The number of furan rings is 1. The summed E-state index contributed by atoms with van der Waals surface area (Å²) in [5.41, 5.74) is 3.33. The van der Waals surface area contributed by atoms with E-state index in [-0.39, 0.29) is 0 Å². The molecule has 0 saturated carbocycles. The van der Waals surface area contributed by atoms with Gasteiger partial charge in [-0.25, -0.2) is 9.78 Å². The van der Waals surface area contributed by atoms with Crippen LogP contribution in [0.4, 0.5) is 0 Å². The van der Waals surface area contributed by atoms with Gasteiger partial charge in [-0.3, -0.25) is 0 Å². The van der Waals surface area contributed by atoms with E-state index in [4.69, 9.17) is 13.9 Å². The molecular weight excluding hydrogens is 342 g/mol. The van der Waals surface area contributed by atoms with Crippen molar-refractivity contribution in [1.29, 1.82) is 0 Å². The van der Waals surface area contributed by atoms with Crippen molar-refractivity contribution < 1.29 is 18.7 Å². The maximum absolute atomic E-state index is 10.7. The highest BCUT2D eigenvalue weighted by Crippen LogP contribution is 2.26. The molecule has 4 aromatic rings. The van der Waals surface area contributed by atoms with Crippen LogP contribution in [0, 0.1) is 6.92 Å². The number of aromatic nitrogens is 1. The van der Waals surface area contributed by atoms with Crippen LogP contribution in [-0.2, 0) is 11.2 Å². The highest BCUT2D eigenvalue weighted by Gasteiger charge is 2.14. The van der Waals surface area contributed by atoms with Crippen molar-refractivity contribution in [2.45, 2.75) is 13.3 Å². The van der Waals surface area contributed by atoms with Crippen molar-refractivity contribution in [3.05, 3.63) is 83.5 Å². The lowest BCUT2D eigenvalue weighted by molar-refractivity contribution is -0.131. The molecule has 0 fully saturated rings. The zero-order chi connectivity index (χ0) is 18.8. The second kappa shape index (κ2) is 6.96. The summed E-state index contributed by atoms with van der Waals surface area (Å²) in [6.07, 6.45) is 3.20. The van der Waals surface area contributed by atoms with Crippen LogP contribution in [0.3, 0.4) is 0 Å². The van der Waals surface area contributed by atoms with E-state index in [1.165, 1.54) is 0 Å². The number of aliphatic carboxylic acids is 1. The third-order valence-electron chi connectivity index (χ3n) is 4.26. The van der Waals surface area contributed by atoms with Crippen molar-refractivity contribution in [1.82, 2.24) is 4.98 Å². The topological polar surface area (TPSA) is 76.5 Å². The number of benzene rings is 2. The van der Waals surface area contributed by atoms with E-state index in [2.05, 4.69) is 4.98 Å². The molecule has 0 aliphatic carbocycles. The molecule has 0 unspecified atom stereocenters. The monoisotopic (exact) mass is 359 g/mol. The van der Waals surface area contributed by atoms with Crippen LogP contribution in [0.1, 0.15) is 22.8 Å². The Kier molecular flexibility index (Phi) is 4.34. The Bertz CT molecular complexity index is 1140. The number of hydrogen-bond acceptors (Lipinski definition) is 4. The Labute approximate surface area is 155 Å². The third-order valence-corrected chi connectivity index (χ3v) is 4.26. The van der Waals surface area contributed by atoms with Crippen molar-refractivity contribution in [3.63, 3.8) is 0 Å². The Balaban J connectivity index is 1.60. The fourth-order valence-corrected chi connectivity index (χ4v) is 2.94. The molecule has 1 N–H and O–H groups in total. The second-order valence-corrected chi connectivity index (χ2v) is 6.25. The van der Waals surface area contributed by atoms with Crippen molar-refractivity contribution in [3.8, 4) is 11.5 Å². The molecule has 0 aliphatic rings. The van der Waals surface area contributed by atoms with Gasteiger partial charge in [0.25, 0.3) is 0 Å². The first-order valence-electron chi connectivity index (χ1n) is 8.54. The van der Waals surface area contributed by atoms with Gasteiger partial charge in [-0.1, -0.05) is 24.3 Å². The summed E-state index contributed by atoms with van der Waals surface area (Å²) in [6.45, 7) is 1.90. The number of fused-ring (bicyclic) bond motifs is 1. The maximum Gasteiger partial charge on any atom is 0.328 e. The van der Waals surface area contributed by atoms with Crippen LogP contribution >= 0.6 is 0 Å². The average Bonchev–Trinajstić information content (AvgIpc) is 3.23. The Morgan fingerprint density at radius 2 is 1.93 bits per heavy atom. The molecule has 4 rings (SSSR count). The largest absolute Gasteiger partial charge is 0.478 e. The first-order valence-corrected chi connectivity index (χ1v) is 8.54. The molecule has 27 heavy (non-hydrogen) atoms. The fraction of sp³-hybridized carbons (Fsp3) is 0.0909. The minimum absolute atomic E-state index is 0.525. The normalized spacial score (nSPS) is 11.4. The van der Waals surface area contributed by atoms with Gasteiger partial charge >= 0.3 is 5.97 Å². The summed E-state index contributed by atoms with van der Waals surface area (Å²) < 4.78 is 11.7. The lowest BCUT2D eigenvalue weighted by Gasteiger charge is -1.93. The Morgan fingerprint density at radius 1 is 1.11 bits per heavy atom. The molecule has 5 heteroatoms. The van der Waals surface area contributed by atoms with Crippen molar-refractivity contribution in [2.24, 2.45) is 0 Å². The fourth-order valence-electron chi connectivity index (χ4n) is 2.94. The van der Waals surface area contributed by atoms with Gasteiger partial charge in [-0.05, 0) is 48.9 Å². The van der Waals surface area contributed by atoms with Crippen LogP contribution in [0.15, 0.2) is 69.5 Å². The average molecular weight is 359 g/mol. The zero-order valence-corrected chi connectivity index (χ0v) is 14.7. The van der Waals surface area contributed by atoms with Crippen molar-refractivity contribution in [2.75, 3.05) is 0 Å². The van der Waals surface area contributed by atoms with E-state index >= 15 is 0 Å². The molecule has 2 heterocycles. The minimum Gasteiger partial charge on any atom is -0.478 e. The number of hydrogen-bond donors (Lipinski definition) is 1. The Hall–Kier alpha value is -3.60. The summed E-state index contributed by atoms with van der Waals surface area (Å²) in [4.78, 5) is 15.3.